The lowest BCUT2D eigenvalue weighted by molar-refractivity contribution is 0.202. The van der Waals surface area contributed by atoms with Crippen molar-refractivity contribution in [2.24, 2.45) is 5.92 Å². The summed E-state index contributed by atoms with van der Waals surface area (Å²) in [4.78, 5) is 2.18. The maximum atomic E-state index is 9.02. The van der Waals surface area contributed by atoms with Crippen LogP contribution in [0.25, 0.3) is 0 Å². The molecule has 0 amide bonds. The van der Waals surface area contributed by atoms with Gasteiger partial charge in [-0.15, -0.1) is 10.2 Å². The second-order valence-electron chi connectivity index (χ2n) is 3.83. The first-order valence-electron chi connectivity index (χ1n) is 5.14. The molecule has 0 unspecified atom stereocenters. The predicted octanol–water partition coefficient (Wildman–Crippen LogP) is 1.34. The van der Waals surface area contributed by atoms with Crippen molar-refractivity contribution in [1.82, 2.24) is 10.2 Å². The van der Waals surface area contributed by atoms with E-state index in [0.29, 0.717) is 17.7 Å². The van der Waals surface area contributed by atoms with Crippen LogP contribution in [-0.4, -0.2) is 35.0 Å². The number of aliphatic hydroxyl groups excluding tert-OH is 1. The molecule has 0 aliphatic carbocycles. The Labute approximate surface area is 93.9 Å². The Morgan fingerprint density at radius 3 is 2.60 bits per heavy atom. The SMILES string of the molecule is OCC1CCN(c2ccc(Cl)nn2)CC1. The molecule has 1 aromatic rings. The summed E-state index contributed by atoms with van der Waals surface area (Å²) in [6.07, 6.45) is 2.03. The topological polar surface area (TPSA) is 49.2 Å². The molecule has 1 saturated heterocycles. The lowest BCUT2D eigenvalue weighted by Crippen LogP contribution is -2.35. The molecule has 1 aliphatic heterocycles. The fraction of sp³-hybridized carbons (Fsp3) is 0.600. The molecule has 4 nitrogen and oxygen atoms in total. The van der Waals surface area contributed by atoms with Crippen molar-refractivity contribution in [3.8, 4) is 0 Å². The molecule has 1 fully saturated rings. The van der Waals surface area contributed by atoms with E-state index in [1.165, 1.54) is 0 Å². The highest BCUT2D eigenvalue weighted by Gasteiger charge is 2.19. The van der Waals surface area contributed by atoms with Gasteiger partial charge < -0.3 is 10.0 Å². The number of nitrogens with zero attached hydrogens (tertiary/aromatic N) is 3. The first-order valence-corrected chi connectivity index (χ1v) is 5.52. The quantitative estimate of drug-likeness (QED) is 0.829. The lowest BCUT2D eigenvalue weighted by Gasteiger charge is -2.31. The molecule has 15 heavy (non-hydrogen) atoms. The summed E-state index contributed by atoms with van der Waals surface area (Å²) < 4.78 is 0. The van der Waals surface area contributed by atoms with Crippen LogP contribution in [0, 0.1) is 5.92 Å². The van der Waals surface area contributed by atoms with Gasteiger partial charge in [0, 0.05) is 19.7 Å². The zero-order chi connectivity index (χ0) is 10.7. The normalized spacial score (nSPS) is 18.1. The minimum absolute atomic E-state index is 0.292. The summed E-state index contributed by atoms with van der Waals surface area (Å²) in [7, 11) is 0. The van der Waals surface area contributed by atoms with Gasteiger partial charge in [-0.3, -0.25) is 0 Å². The first-order chi connectivity index (χ1) is 7.29. The molecule has 1 aliphatic rings. The van der Waals surface area contributed by atoms with Crippen LogP contribution < -0.4 is 4.90 Å². The summed E-state index contributed by atoms with van der Waals surface area (Å²) in [5.41, 5.74) is 0. The molecule has 5 heteroatoms. The minimum Gasteiger partial charge on any atom is -0.396 e. The molecule has 2 heterocycles. The van der Waals surface area contributed by atoms with Crippen LogP contribution in [-0.2, 0) is 0 Å². The maximum Gasteiger partial charge on any atom is 0.151 e. The van der Waals surface area contributed by atoms with Crippen molar-refractivity contribution >= 4 is 17.4 Å². The van der Waals surface area contributed by atoms with Crippen LogP contribution in [0.4, 0.5) is 5.82 Å². The van der Waals surface area contributed by atoms with Gasteiger partial charge in [0.05, 0.1) is 0 Å². The van der Waals surface area contributed by atoms with Crippen LogP contribution in [0.5, 0.6) is 0 Å². The third-order valence-electron chi connectivity index (χ3n) is 2.81. The molecule has 1 N–H and O–H groups in total. The van der Waals surface area contributed by atoms with Crippen molar-refractivity contribution in [2.75, 3.05) is 24.6 Å². The number of piperidine rings is 1. The number of aromatic nitrogens is 2. The van der Waals surface area contributed by atoms with Crippen molar-refractivity contribution in [3.05, 3.63) is 17.3 Å². The van der Waals surface area contributed by atoms with Gasteiger partial charge in [0.25, 0.3) is 0 Å². The second kappa shape index (κ2) is 4.77. The zero-order valence-corrected chi connectivity index (χ0v) is 9.19. The van der Waals surface area contributed by atoms with Crippen LogP contribution in [0.15, 0.2) is 12.1 Å². The number of aliphatic hydroxyl groups is 1. The van der Waals surface area contributed by atoms with E-state index < -0.39 is 0 Å². The average Bonchev–Trinajstić information content (AvgIpc) is 2.30. The Morgan fingerprint density at radius 1 is 1.33 bits per heavy atom. The third kappa shape index (κ3) is 2.58. The highest BCUT2D eigenvalue weighted by molar-refractivity contribution is 6.29. The van der Waals surface area contributed by atoms with Gasteiger partial charge in [-0.2, -0.15) is 0 Å². The monoisotopic (exact) mass is 227 g/mol. The van der Waals surface area contributed by atoms with E-state index in [1.807, 2.05) is 6.07 Å². The van der Waals surface area contributed by atoms with E-state index in [2.05, 4.69) is 15.1 Å². The summed E-state index contributed by atoms with van der Waals surface area (Å²) in [6, 6.07) is 3.64. The van der Waals surface area contributed by atoms with Crippen LogP contribution in [0.2, 0.25) is 5.15 Å². The van der Waals surface area contributed by atoms with E-state index in [1.54, 1.807) is 6.07 Å². The van der Waals surface area contributed by atoms with Crippen molar-refractivity contribution in [2.45, 2.75) is 12.8 Å². The standard InChI is InChI=1S/C10H14ClN3O/c11-9-1-2-10(13-12-9)14-5-3-8(7-15)4-6-14/h1-2,8,15H,3-7H2. The largest absolute Gasteiger partial charge is 0.396 e. The zero-order valence-electron chi connectivity index (χ0n) is 8.43. The molecule has 2 rings (SSSR count). The van der Waals surface area contributed by atoms with Crippen molar-refractivity contribution in [1.29, 1.82) is 0 Å². The third-order valence-corrected chi connectivity index (χ3v) is 3.02. The van der Waals surface area contributed by atoms with Gasteiger partial charge in [0.2, 0.25) is 0 Å². The maximum absolute atomic E-state index is 9.02. The average molecular weight is 228 g/mol. The molecular formula is C10H14ClN3O. The van der Waals surface area contributed by atoms with Crippen molar-refractivity contribution < 1.29 is 5.11 Å². The predicted molar refractivity (Wildman–Crippen MR) is 59.1 cm³/mol. The summed E-state index contributed by atoms with van der Waals surface area (Å²) in [6.45, 7) is 2.16. The Kier molecular flexibility index (Phi) is 3.38. The number of anilines is 1. The smallest absolute Gasteiger partial charge is 0.151 e. The Balaban J connectivity index is 1.98. The van der Waals surface area contributed by atoms with E-state index >= 15 is 0 Å². The van der Waals surface area contributed by atoms with Gasteiger partial charge in [-0.25, -0.2) is 0 Å². The Hall–Kier alpha value is -0.870. The number of rotatable bonds is 2. The van der Waals surface area contributed by atoms with E-state index in [-0.39, 0.29) is 0 Å². The highest BCUT2D eigenvalue weighted by atomic mass is 35.5. The molecule has 82 valence electrons. The van der Waals surface area contributed by atoms with Gasteiger partial charge >= 0.3 is 0 Å². The number of hydrogen-bond donors (Lipinski definition) is 1. The van der Waals surface area contributed by atoms with Crippen LogP contribution in [0.1, 0.15) is 12.8 Å². The van der Waals surface area contributed by atoms with E-state index in [0.717, 1.165) is 31.7 Å². The van der Waals surface area contributed by atoms with Gasteiger partial charge in [0.15, 0.2) is 11.0 Å². The van der Waals surface area contributed by atoms with Crippen LogP contribution in [0.3, 0.4) is 0 Å². The molecule has 0 bridgehead atoms. The molecular weight excluding hydrogens is 214 g/mol. The molecule has 0 atom stereocenters. The molecule has 0 saturated carbocycles. The lowest BCUT2D eigenvalue weighted by atomic mass is 9.98. The second-order valence-corrected chi connectivity index (χ2v) is 4.21. The number of halogens is 1. The summed E-state index contributed by atoms with van der Waals surface area (Å²) >= 11 is 5.67. The first kappa shape index (κ1) is 10.6. The molecule has 0 radical (unpaired) electrons. The van der Waals surface area contributed by atoms with E-state index in [4.69, 9.17) is 16.7 Å². The Morgan fingerprint density at radius 2 is 2.07 bits per heavy atom. The summed E-state index contributed by atoms with van der Waals surface area (Å²) in [5, 5.41) is 17.3. The fourth-order valence-corrected chi connectivity index (χ4v) is 1.92. The molecule has 0 aromatic carbocycles. The van der Waals surface area contributed by atoms with Gasteiger partial charge in [-0.05, 0) is 30.9 Å². The molecule has 0 spiro atoms. The summed E-state index contributed by atoms with van der Waals surface area (Å²) in [5.74, 6) is 1.32. The molecule has 1 aromatic heterocycles. The number of hydrogen-bond acceptors (Lipinski definition) is 4. The van der Waals surface area contributed by atoms with Crippen molar-refractivity contribution in [3.63, 3.8) is 0 Å². The minimum atomic E-state index is 0.292. The van der Waals surface area contributed by atoms with Gasteiger partial charge in [-0.1, -0.05) is 11.6 Å². The highest BCUT2D eigenvalue weighted by Crippen LogP contribution is 2.21. The van der Waals surface area contributed by atoms with Crippen LogP contribution >= 0.6 is 11.6 Å². The Bertz CT molecular complexity index is 309. The van der Waals surface area contributed by atoms with Gasteiger partial charge in [0.1, 0.15) is 0 Å². The fourth-order valence-electron chi connectivity index (χ4n) is 1.82. The van der Waals surface area contributed by atoms with E-state index in [9.17, 15) is 0 Å².